The van der Waals surface area contributed by atoms with Gasteiger partial charge in [-0.3, -0.25) is 4.79 Å². The molecule has 1 heterocycles. The standard InChI is InChI=1S/C24H21NO3S2/c1-16-7-6-8-17(2)20(16)15-30(27,28)19-11-12-22-21(14-19)25-24(26)23(29-22)13-18-9-4-3-5-10-18/h3-14H,15H2,1-2H3,(H,25,26). The molecule has 0 bridgehead atoms. The second kappa shape index (κ2) is 8.13. The Hall–Kier alpha value is -2.83. The van der Waals surface area contributed by atoms with E-state index >= 15 is 0 Å². The molecule has 1 aliphatic heterocycles. The van der Waals surface area contributed by atoms with Gasteiger partial charge in [0.25, 0.3) is 5.91 Å². The zero-order valence-corrected chi connectivity index (χ0v) is 18.3. The molecule has 0 unspecified atom stereocenters. The van der Waals surface area contributed by atoms with Crippen molar-refractivity contribution in [3.8, 4) is 0 Å². The molecule has 30 heavy (non-hydrogen) atoms. The Balaban J connectivity index is 1.63. The van der Waals surface area contributed by atoms with Crippen molar-refractivity contribution in [3.63, 3.8) is 0 Å². The number of nitrogens with one attached hydrogen (secondary N) is 1. The van der Waals surface area contributed by atoms with Gasteiger partial charge < -0.3 is 5.32 Å². The predicted octanol–water partition coefficient (Wildman–Crippen LogP) is 5.36. The number of anilines is 1. The number of carbonyl (C=O) groups excluding carboxylic acids is 1. The summed E-state index contributed by atoms with van der Waals surface area (Å²) in [5, 5.41) is 2.84. The molecule has 0 aliphatic carbocycles. The highest BCUT2D eigenvalue weighted by Crippen LogP contribution is 2.40. The van der Waals surface area contributed by atoms with Crippen molar-refractivity contribution < 1.29 is 13.2 Å². The van der Waals surface area contributed by atoms with E-state index in [0.717, 1.165) is 27.1 Å². The van der Waals surface area contributed by atoms with Crippen LogP contribution in [0.4, 0.5) is 5.69 Å². The van der Waals surface area contributed by atoms with Gasteiger partial charge in [-0.25, -0.2) is 8.42 Å². The molecule has 0 saturated heterocycles. The van der Waals surface area contributed by atoms with Gasteiger partial charge in [-0.2, -0.15) is 0 Å². The third-order valence-corrected chi connectivity index (χ3v) is 7.82. The molecule has 3 aromatic carbocycles. The highest BCUT2D eigenvalue weighted by molar-refractivity contribution is 8.04. The molecule has 6 heteroatoms. The predicted molar refractivity (Wildman–Crippen MR) is 122 cm³/mol. The third kappa shape index (κ3) is 4.20. The van der Waals surface area contributed by atoms with Crippen molar-refractivity contribution in [2.45, 2.75) is 29.4 Å². The van der Waals surface area contributed by atoms with E-state index < -0.39 is 9.84 Å². The third-order valence-electron chi connectivity index (χ3n) is 5.08. The normalized spacial score (nSPS) is 15.0. The van der Waals surface area contributed by atoms with Gasteiger partial charge in [0.1, 0.15) is 0 Å². The van der Waals surface area contributed by atoms with Crippen LogP contribution in [-0.4, -0.2) is 14.3 Å². The zero-order chi connectivity index (χ0) is 21.3. The Kier molecular flexibility index (Phi) is 5.54. The van der Waals surface area contributed by atoms with Gasteiger partial charge in [0, 0.05) is 4.90 Å². The summed E-state index contributed by atoms with van der Waals surface area (Å²) in [7, 11) is -3.55. The van der Waals surface area contributed by atoms with Crippen LogP contribution in [0.2, 0.25) is 0 Å². The molecule has 3 aromatic rings. The first-order valence-corrected chi connectivity index (χ1v) is 12.0. The summed E-state index contributed by atoms with van der Waals surface area (Å²) >= 11 is 1.34. The minimum atomic E-state index is -3.55. The number of hydrogen-bond donors (Lipinski definition) is 1. The molecule has 0 aromatic heterocycles. The summed E-state index contributed by atoms with van der Waals surface area (Å²) in [4.78, 5) is 14.2. The van der Waals surface area contributed by atoms with Crippen LogP contribution in [0.1, 0.15) is 22.3 Å². The maximum Gasteiger partial charge on any atom is 0.262 e. The minimum Gasteiger partial charge on any atom is -0.320 e. The lowest BCUT2D eigenvalue weighted by Gasteiger charge is -2.20. The number of fused-ring (bicyclic) bond motifs is 1. The molecule has 1 amide bonds. The Morgan fingerprint density at radius 2 is 1.63 bits per heavy atom. The smallest absolute Gasteiger partial charge is 0.262 e. The van der Waals surface area contributed by atoms with Crippen LogP contribution in [0.5, 0.6) is 0 Å². The van der Waals surface area contributed by atoms with Gasteiger partial charge in [-0.05, 0) is 60.4 Å². The van der Waals surface area contributed by atoms with Crippen LogP contribution in [0.15, 0.2) is 81.4 Å². The molecule has 4 rings (SSSR count). The Morgan fingerprint density at radius 1 is 0.933 bits per heavy atom. The average Bonchev–Trinajstić information content (AvgIpc) is 2.72. The molecule has 1 N–H and O–H groups in total. The number of amides is 1. The average molecular weight is 436 g/mol. The molecule has 0 radical (unpaired) electrons. The van der Waals surface area contributed by atoms with E-state index in [0.29, 0.717) is 10.6 Å². The van der Waals surface area contributed by atoms with E-state index in [4.69, 9.17) is 0 Å². The van der Waals surface area contributed by atoms with E-state index in [1.165, 1.54) is 11.8 Å². The number of rotatable bonds is 4. The zero-order valence-electron chi connectivity index (χ0n) is 16.7. The fourth-order valence-corrected chi connectivity index (χ4v) is 5.89. The molecule has 0 spiro atoms. The van der Waals surface area contributed by atoms with Gasteiger partial charge in [0.15, 0.2) is 9.84 Å². The Labute approximate surface area is 180 Å². The summed E-state index contributed by atoms with van der Waals surface area (Å²) < 4.78 is 26.1. The van der Waals surface area contributed by atoms with Crippen LogP contribution >= 0.6 is 11.8 Å². The van der Waals surface area contributed by atoms with Gasteiger partial charge >= 0.3 is 0 Å². The van der Waals surface area contributed by atoms with Crippen molar-refractivity contribution in [3.05, 3.63) is 93.9 Å². The maximum absolute atomic E-state index is 13.0. The van der Waals surface area contributed by atoms with Gasteiger partial charge in [-0.15, -0.1) is 0 Å². The number of benzene rings is 3. The van der Waals surface area contributed by atoms with Crippen LogP contribution in [0.25, 0.3) is 6.08 Å². The number of thioether (sulfide) groups is 1. The summed E-state index contributed by atoms with van der Waals surface area (Å²) in [5.74, 6) is -0.300. The second-order valence-electron chi connectivity index (χ2n) is 7.26. The monoisotopic (exact) mass is 435 g/mol. The van der Waals surface area contributed by atoms with Crippen LogP contribution in [-0.2, 0) is 20.4 Å². The van der Waals surface area contributed by atoms with Crippen LogP contribution in [0.3, 0.4) is 0 Å². The Morgan fingerprint density at radius 3 is 2.33 bits per heavy atom. The first-order chi connectivity index (χ1) is 14.3. The topological polar surface area (TPSA) is 63.2 Å². The highest BCUT2D eigenvalue weighted by Gasteiger charge is 2.24. The minimum absolute atomic E-state index is 0.0649. The van der Waals surface area contributed by atoms with Crippen molar-refractivity contribution in [1.29, 1.82) is 0 Å². The fraction of sp³-hybridized carbons (Fsp3) is 0.125. The molecule has 0 saturated carbocycles. The largest absolute Gasteiger partial charge is 0.320 e. The van der Waals surface area contributed by atoms with Gasteiger partial charge in [-0.1, -0.05) is 60.3 Å². The number of sulfone groups is 1. The molecule has 1 aliphatic rings. The van der Waals surface area contributed by atoms with Gasteiger partial charge in [0.05, 0.1) is 21.2 Å². The highest BCUT2D eigenvalue weighted by atomic mass is 32.2. The molecular weight excluding hydrogens is 414 g/mol. The maximum atomic E-state index is 13.0. The first-order valence-electron chi connectivity index (χ1n) is 9.51. The Bertz CT molecular complexity index is 1240. The fourth-order valence-electron chi connectivity index (χ4n) is 3.38. The first kappa shape index (κ1) is 20.4. The molecule has 0 atom stereocenters. The molecular formula is C24H21NO3S2. The molecule has 4 nitrogen and oxygen atoms in total. The summed E-state index contributed by atoms with van der Waals surface area (Å²) in [6.45, 7) is 3.84. The van der Waals surface area contributed by atoms with Crippen molar-refractivity contribution >= 4 is 39.3 Å². The number of hydrogen-bond acceptors (Lipinski definition) is 4. The van der Waals surface area contributed by atoms with E-state index in [1.54, 1.807) is 18.2 Å². The molecule has 0 fully saturated rings. The van der Waals surface area contributed by atoms with Crippen molar-refractivity contribution in [1.82, 2.24) is 0 Å². The van der Waals surface area contributed by atoms with E-state index in [-0.39, 0.29) is 16.6 Å². The van der Waals surface area contributed by atoms with E-state index in [9.17, 15) is 13.2 Å². The van der Waals surface area contributed by atoms with Crippen LogP contribution < -0.4 is 5.32 Å². The molecule has 152 valence electrons. The number of carbonyl (C=O) groups is 1. The quantitative estimate of drug-likeness (QED) is 0.560. The van der Waals surface area contributed by atoms with Crippen LogP contribution in [0, 0.1) is 13.8 Å². The second-order valence-corrected chi connectivity index (χ2v) is 10.3. The van der Waals surface area contributed by atoms with Gasteiger partial charge in [0.2, 0.25) is 0 Å². The lowest BCUT2D eigenvalue weighted by atomic mass is 10.1. The number of aryl methyl sites for hydroxylation is 2. The van der Waals surface area contributed by atoms with Crippen molar-refractivity contribution in [2.75, 3.05) is 5.32 Å². The summed E-state index contributed by atoms with van der Waals surface area (Å²) in [6, 6.07) is 20.3. The summed E-state index contributed by atoms with van der Waals surface area (Å²) in [5.41, 5.74) is 4.19. The lowest BCUT2D eigenvalue weighted by molar-refractivity contribution is -0.112. The SMILES string of the molecule is Cc1cccc(C)c1CS(=O)(=O)c1ccc2c(c1)NC(=O)C(=Cc1ccccc1)S2. The lowest BCUT2D eigenvalue weighted by Crippen LogP contribution is -2.18. The summed E-state index contributed by atoms with van der Waals surface area (Å²) in [6.07, 6.45) is 1.83. The van der Waals surface area contributed by atoms with Crippen molar-refractivity contribution in [2.24, 2.45) is 0 Å². The van der Waals surface area contributed by atoms with E-state index in [1.807, 2.05) is 68.5 Å². The van der Waals surface area contributed by atoms with E-state index in [2.05, 4.69) is 5.32 Å².